The zero-order valence-corrected chi connectivity index (χ0v) is 19.5. The van der Waals surface area contributed by atoms with Crippen molar-refractivity contribution in [2.45, 2.75) is 19.4 Å². The molecular weight excluding hydrogens is 444 g/mol. The fourth-order valence-corrected chi connectivity index (χ4v) is 4.38. The van der Waals surface area contributed by atoms with E-state index in [1.807, 2.05) is 67.6 Å². The quantitative estimate of drug-likeness (QED) is 0.454. The van der Waals surface area contributed by atoms with Crippen LogP contribution in [0.5, 0.6) is 0 Å². The fourth-order valence-electron chi connectivity index (χ4n) is 4.38. The second kappa shape index (κ2) is 10.9. The lowest BCUT2D eigenvalue weighted by Crippen LogP contribution is -2.43. The number of nitrogens with zero attached hydrogens (tertiary/aromatic N) is 1. The van der Waals surface area contributed by atoms with E-state index in [1.54, 1.807) is 12.1 Å². The molecule has 7 heteroatoms. The first-order valence-electron chi connectivity index (χ1n) is 11.6. The summed E-state index contributed by atoms with van der Waals surface area (Å²) in [4.78, 5) is 38.9. The standard InChI is InChI=1S/C28H28N2O5/c1-19(16-20-8-4-2-5-9-20)24(17-29-23-14-12-22(13-15-23)27(32)33)26(31)30-25(18-35-28(30)34)21-10-6-3-7-11-21/h2-15,19,24-25,29H,16-18H2,1H3,(H,32,33)/t19?,24-,25+/m0/s1. The zero-order chi connectivity index (χ0) is 24.8. The van der Waals surface area contributed by atoms with E-state index in [2.05, 4.69) is 5.32 Å². The third kappa shape index (κ3) is 5.69. The molecule has 1 fully saturated rings. The van der Waals surface area contributed by atoms with Crippen LogP contribution in [0.4, 0.5) is 10.5 Å². The van der Waals surface area contributed by atoms with Crippen LogP contribution in [0.2, 0.25) is 0 Å². The zero-order valence-electron chi connectivity index (χ0n) is 19.5. The minimum Gasteiger partial charge on any atom is -0.478 e. The number of carboxylic acid groups (broad SMARTS) is 1. The number of hydrogen-bond donors (Lipinski definition) is 2. The molecule has 4 rings (SSSR count). The maximum absolute atomic E-state index is 13.8. The molecule has 0 radical (unpaired) electrons. The number of ether oxygens (including phenoxy) is 1. The highest BCUT2D eigenvalue weighted by atomic mass is 16.6. The highest BCUT2D eigenvalue weighted by molar-refractivity contribution is 5.95. The smallest absolute Gasteiger partial charge is 0.417 e. The number of aromatic carboxylic acids is 1. The number of hydrogen-bond acceptors (Lipinski definition) is 5. The van der Waals surface area contributed by atoms with Crippen molar-refractivity contribution in [3.05, 3.63) is 102 Å². The van der Waals surface area contributed by atoms with Crippen LogP contribution < -0.4 is 5.32 Å². The van der Waals surface area contributed by atoms with Crippen molar-refractivity contribution >= 4 is 23.7 Å². The second-order valence-corrected chi connectivity index (χ2v) is 8.75. The van der Waals surface area contributed by atoms with Gasteiger partial charge >= 0.3 is 12.1 Å². The van der Waals surface area contributed by atoms with Gasteiger partial charge in [-0.25, -0.2) is 14.5 Å². The van der Waals surface area contributed by atoms with Crippen LogP contribution in [-0.2, 0) is 16.0 Å². The van der Waals surface area contributed by atoms with E-state index in [0.717, 1.165) is 11.1 Å². The molecule has 2 amide bonds. The Morgan fingerprint density at radius 2 is 1.63 bits per heavy atom. The Morgan fingerprint density at radius 3 is 2.26 bits per heavy atom. The molecule has 3 aromatic rings. The van der Waals surface area contributed by atoms with Crippen LogP contribution in [-0.4, -0.2) is 41.1 Å². The SMILES string of the molecule is CC(Cc1ccccc1)[C@H](CNc1ccc(C(=O)O)cc1)C(=O)N1C(=O)OC[C@@H]1c1ccccc1. The lowest BCUT2D eigenvalue weighted by Gasteiger charge is -2.29. The first-order chi connectivity index (χ1) is 16.9. The lowest BCUT2D eigenvalue weighted by atomic mass is 9.86. The van der Waals surface area contributed by atoms with E-state index in [1.165, 1.54) is 17.0 Å². The van der Waals surface area contributed by atoms with Gasteiger partial charge in [-0.2, -0.15) is 0 Å². The molecule has 180 valence electrons. The number of anilines is 1. The van der Waals surface area contributed by atoms with Gasteiger partial charge in [-0.05, 0) is 47.7 Å². The topological polar surface area (TPSA) is 95.9 Å². The average Bonchev–Trinajstić information content (AvgIpc) is 3.26. The number of amides is 2. The normalized spacial score (nSPS) is 16.9. The second-order valence-electron chi connectivity index (χ2n) is 8.75. The number of nitrogens with one attached hydrogen (secondary N) is 1. The van der Waals surface area contributed by atoms with E-state index in [4.69, 9.17) is 9.84 Å². The van der Waals surface area contributed by atoms with Crippen LogP contribution in [0.1, 0.15) is 34.5 Å². The summed E-state index contributed by atoms with van der Waals surface area (Å²) in [5.74, 6) is -1.90. The van der Waals surface area contributed by atoms with Crippen LogP contribution in [0.3, 0.4) is 0 Å². The molecule has 0 spiro atoms. The Morgan fingerprint density at radius 1 is 1.00 bits per heavy atom. The van der Waals surface area contributed by atoms with Crippen molar-refractivity contribution in [1.82, 2.24) is 4.90 Å². The lowest BCUT2D eigenvalue weighted by molar-refractivity contribution is -0.134. The number of carbonyl (C=O) groups excluding carboxylic acids is 2. The molecule has 1 aliphatic rings. The molecule has 1 unspecified atom stereocenters. The number of benzene rings is 3. The maximum atomic E-state index is 13.8. The molecule has 1 heterocycles. The summed E-state index contributed by atoms with van der Waals surface area (Å²) in [5.41, 5.74) is 2.83. The minimum absolute atomic E-state index is 0.0829. The number of imide groups is 1. The monoisotopic (exact) mass is 472 g/mol. The Labute approximate surface area is 204 Å². The van der Waals surface area contributed by atoms with Gasteiger partial charge in [-0.15, -0.1) is 0 Å². The number of rotatable bonds is 9. The van der Waals surface area contributed by atoms with Crippen LogP contribution in [0.25, 0.3) is 0 Å². The van der Waals surface area contributed by atoms with Gasteiger partial charge in [0, 0.05) is 12.2 Å². The van der Waals surface area contributed by atoms with Crippen molar-refractivity contribution in [2.24, 2.45) is 11.8 Å². The molecule has 0 aromatic heterocycles. The summed E-state index contributed by atoms with van der Waals surface area (Å²) < 4.78 is 5.29. The molecule has 1 aliphatic heterocycles. The Balaban J connectivity index is 1.57. The van der Waals surface area contributed by atoms with Crippen molar-refractivity contribution in [3.63, 3.8) is 0 Å². The van der Waals surface area contributed by atoms with Crippen molar-refractivity contribution < 1.29 is 24.2 Å². The Hall–Kier alpha value is -4.13. The minimum atomic E-state index is -0.999. The molecule has 0 aliphatic carbocycles. The summed E-state index contributed by atoms with van der Waals surface area (Å²) in [6, 6.07) is 25.2. The number of cyclic esters (lactones) is 1. The van der Waals surface area contributed by atoms with Crippen LogP contribution >= 0.6 is 0 Å². The van der Waals surface area contributed by atoms with Gasteiger partial charge in [0.15, 0.2) is 0 Å². The van der Waals surface area contributed by atoms with E-state index in [0.29, 0.717) is 12.1 Å². The van der Waals surface area contributed by atoms with Gasteiger partial charge in [0.2, 0.25) is 5.91 Å². The summed E-state index contributed by atoms with van der Waals surface area (Å²) in [7, 11) is 0. The van der Waals surface area contributed by atoms with E-state index < -0.39 is 24.0 Å². The fraction of sp³-hybridized carbons (Fsp3) is 0.250. The molecule has 3 aromatic carbocycles. The summed E-state index contributed by atoms with van der Waals surface area (Å²) in [6.07, 6.45) is 0.0297. The van der Waals surface area contributed by atoms with E-state index >= 15 is 0 Å². The Bertz CT molecular complexity index is 1160. The van der Waals surface area contributed by atoms with E-state index in [9.17, 15) is 14.4 Å². The van der Waals surface area contributed by atoms with Crippen molar-refractivity contribution in [2.75, 3.05) is 18.5 Å². The van der Waals surface area contributed by atoms with E-state index in [-0.39, 0.29) is 30.5 Å². The number of carboxylic acids is 1. The van der Waals surface area contributed by atoms with Gasteiger partial charge in [-0.3, -0.25) is 4.79 Å². The summed E-state index contributed by atoms with van der Waals surface area (Å²) in [5, 5.41) is 12.4. The molecule has 7 nitrogen and oxygen atoms in total. The third-order valence-corrected chi connectivity index (χ3v) is 6.36. The van der Waals surface area contributed by atoms with Gasteiger partial charge in [0.1, 0.15) is 12.6 Å². The van der Waals surface area contributed by atoms with Crippen LogP contribution in [0.15, 0.2) is 84.9 Å². The highest BCUT2D eigenvalue weighted by Gasteiger charge is 2.42. The molecule has 35 heavy (non-hydrogen) atoms. The largest absolute Gasteiger partial charge is 0.478 e. The molecule has 3 atom stereocenters. The van der Waals surface area contributed by atoms with Crippen LogP contribution in [0, 0.1) is 11.8 Å². The van der Waals surface area contributed by atoms with Gasteiger partial charge < -0.3 is 15.2 Å². The molecule has 0 saturated carbocycles. The maximum Gasteiger partial charge on any atom is 0.417 e. The first kappa shape index (κ1) is 24.0. The molecule has 0 bridgehead atoms. The predicted molar refractivity (Wildman–Crippen MR) is 132 cm³/mol. The Kier molecular flexibility index (Phi) is 7.45. The molecule has 2 N–H and O–H groups in total. The number of carbonyl (C=O) groups is 3. The van der Waals surface area contributed by atoms with Gasteiger partial charge in [-0.1, -0.05) is 67.6 Å². The first-order valence-corrected chi connectivity index (χ1v) is 11.6. The third-order valence-electron chi connectivity index (χ3n) is 6.36. The molecule has 1 saturated heterocycles. The average molecular weight is 473 g/mol. The van der Waals surface area contributed by atoms with Crippen molar-refractivity contribution in [1.29, 1.82) is 0 Å². The van der Waals surface area contributed by atoms with Gasteiger partial charge in [0.05, 0.1) is 11.5 Å². The predicted octanol–water partition coefficient (Wildman–Crippen LogP) is 5.01. The molecular formula is C28H28N2O5. The summed E-state index contributed by atoms with van der Waals surface area (Å²) >= 11 is 0. The highest BCUT2D eigenvalue weighted by Crippen LogP contribution is 2.31. The summed E-state index contributed by atoms with van der Waals surface area (Å²) in [6.45, 7) is 2.41. The van der Waals surface area contributed by atoms with Gasteiger partial charge in [0.25, 0.3) is 0 Å². The van der Waals surface area contributed by atoms with Crippen molar-refractivity contribution in [3.8, 4) is 0 Å².